The van der Waals surface area contributed by atoms with Gasteiger partial charge in [0.15, 0.2) is 11.5 Å². The first-order valence-corrected chi connectivity index (χ1v) is 13.2. The molecule has 3 heterocycles. The summed E-state index contributed by atoms with van der Waals surface area (Å²) in [5, 5.41) is 42.3. The summed E-state index contributed by atoms with van der Waals surface area (Å²) in [7, 11) is 0. The quantitative estimate of drug-likeness (QED) is 0.253. The topological polar surface area (TPSA) is 113 Å². The van der Waals surface area contributed by atoms with E-state index in [0.29, 0.717) is 22.9 Å². The molecule has 0 radical (unpaired) electrons. The largest absolute Gasteiger partial charge is 0.453 e. The fourth-order valence-corrected chi connectivity index (χ4v) is 6.54. The van der Waals surface area contributed by atoms with E-state index < -0.39 is 6.85 Å². The van der Waals surface area contributed by atoms with Gasteiger partial charge in [0, 0.05) is 28.6 Å². The second kappa shape index (κ2) is 8.51. The van der Waals surface area contributed by atoms with Crippen LogP contribution in [0.4, 0.5) is 11.4 Å². The Morgan fingerprint density at radius 2 is 1.19 bits per heavy atom. The molecular formula is C34H15BN6O. The maximum absolute atomic E-state index is 10.3. The summed E-state index contributed by atoms with van der Waals surface area (Å²) in [6, 6.07) is 37.7. The third kappa shape index (κ3) is 2.96. The third-order valence-electron chi connectivity index (χ3n) is 8.10. The Morgan fingerprint density at radius 3 is 1.86 bits per heavy atom. The maximum atomic E-state index is 10.3. The lowest BCUT2D eigenvalue weighted by Crippen LogP contribution is -2.59. The number of benzene rings is 5. The first-order chi connectivity index (χ1) is 20.7. The zero-order valence-electron chi connectivity index (χ0n) is 21.8. The van der Waals surface area contributed by atoms with Gasteiger partial charge in [0.2, 0.25) is 0 Å². The molecule has 0 N–H and O–H groups in total. The van der Waals surface area contributed by atoms with Gasteiger partial charge in [0.1, 0.15) is 12.1 Å². The Hall–Kier alpha value is -6.48. The van der Waals surface area contributed by atoms with Crippen molar-refractivity contribution in [1.29, 1.82) is 21.0 Å². The van der Waals surface area contributed by atoms with E-state index in [9.17, 15) is 21.0 Å². The highest BCUT2D eigenvalue weighted by molar-refractivity contribution is 6.92. The number of ether oxygens (including phenoxy) is 1. The molecular weight excluding hydrogens is 519 g/mol. The first-order valence-electron chi connectivity index (χ1n) is 13.2. The van der Waals surface area contributed by atoms with Crippen LogP contribution in [0.2, 0.25) is 0 Å². The van der Waals surface area contributed by atoms with Crippen LogP contribution >= 0.6 is 0 Å². The lowest BCUT2D eigenvalue weighted by Gasteiger charge is -2.40. The van der Waals surface area contributed by atoms with Crippen LogP contribution in [0.5, 0.6) is 11.5 Å². The van der Waals surface area contributed by atoms with Crippen LogP contribution in [0.3, 0.4) is 0 Å². The van der Waals surface area contributed by atoms with Crippen molar-refractivity contribution in [3.05, 3.63) is 113 Å². The van der Waals surface area contributed by atoms with Gasteiger partial charge in [-0.2, -0.15) is 21.0 Å². The number of nitrogens with zero attached hydrogens (tertiary/aromatic N) is 6. The molecule has 0 spiro atoms. The van der Waals surface area contributed by atoms with E-state index in [0.717, 1.165) is 38.4 Å². The number of hydrogen-bond donors (Lipinski definition) is 0. The molecule has 2 aliphatic heterocycles. The molecule has 0 bridgehead atoms. The third-order valence-corrected chi connectivity index (χ3v) is 8.10. The van der Waals surface area contributed by atoms with Crippen LogP contribution in [0, 0.1) is 45.3 Å². The molecule has 8 heteroatoms. The average Bonchev–Trinajstić information content (AvgIpc) is 3.38. The molecule has 0 amide bonds. The zero-order valence-corrected chi connectivity index (χ0v) is 21.8. The summed E-state index contributed by atoms with van der Waals surface area (Å²) in [6.45, 7) is -0.469. The van der Waals surface area contributed by atoms with Gasteiger partial charge in [-0.15, -0.1) is 0 Å². The summed E-state index contributed by atoms with van der Waals surface area (Å²) < 4.78 is 8.58. The average molecular weight is 534 g/mol. The molecule has 2 aliphatic rings. The van der Waals surface area contributed by atoms with E-state index in [1.165, 1.54) is 0 Å². The highest BCUT2D eigenvalue weighted by atomic mass is 16.5. The number of para-hydroxylation sites is 3. The lowest BCUT2D eigenvalue weighted by molar-refractivity contribution is 0.477. The standard InChI is InChI=1S/C34H15BN6O/c36-16-20-12-22(18-38)32-30(14-20)42-31-15-21(17-37)13-23(19-39)33(31)41(32)35-26-8-2-4-11-29(26)40-28-10-3-1-6-24(28)25-7-5-9-27(35)34(25)40/h1-15H. The number of aromatic nitrogens is 1. The van der Waals surface area contributed by atoms with E-state index in [1.807, 2.05) is 35.1 Å². The zero-order chi connectivity index (χ0) is 28.5. The van der Waals surface area contributed by atoms with Crippen LogP contribution in [0.25, 0.3) is 27.5 Å². The first kappa shape index (κ1) is 23.4. The van der Waals surface area contributed by atoms with Gasteiger partial charge in [-0.1, -0.05) is 54.6 Å². The summed E-state index contributed by atoms with van der Waals surface area (Å²) in [4.78, 5) is 1.99. The molecule has 0 atom stereocenters. The Bertz CT molecular complexity index is 2280. The number of anilines is 2. The van der Waals surface area contributed by atoms with Crippen LogP contribution in [-0.4, -0.2) is 11.4 Å². The molecule has 6 aromatic rings. The molecule has 7 nitrogen and oxygen atoms in total. The van der Waals surface area contributed by atoms with Crippen molar-refractivity contribution < 1.29 is 4.74 Å². The van der Waals surface area contributed by atoms with Crippen molar-refractivity contribution in [2.24, 2.45) is 0 Å². The van der Waals surface area contributed by atoms with Crippen molar-refractivity contribution >= 4 is 51.0 Å². The highest BCUT2D eigenvalue weighted by Crippen LogP contribution is 2.51. The minimum absolute atomic E-state index is 0.249. The Balaban J connectivity index is 1.55. The smallest absolute Gasteiger partial charge is 0.332 e. The maximum Gasteiger partial charge on any atom is 0.332 e. The molecule has 1 aromatic heterocycles. The fraction of sp³-hybridized carbons (Fsp3) is 0. The Kier molecular flexibility index (Phi) is 4.74. The number of hydrogen-bond acceptors (Lipinski definition) is 6. The lowest BCUT2D eigenvalue weighted by atomic mass is 9.46. The van der Waals surface area contributed by atoms with Crippen molar-refractivity contribution in [1.82, 2.24) is 4.57 Å². The fourth-order valence-electron chi connectivity index (χ4n) is 6.54. The summed E-state index contributed by atoms with van der Waals surface area (Å²) in [5.74, 6) is 0.626. The number of fused-ring (bicyclic) bond motifs is 7. The summed E-state index contributed by atoms with van der Waals surface area (Å²) >= 11 is 0. The molecule has 0 fully saturated rings. The second-order valence-corrected chi connectivity index (χ2v) is 10.2. The van der Waals surface area contributed by atoms with Crippen LogP contribution in [0.15, 0.2) is 91.0 Å². The summed E-state index contributed by atoms with van der Waals surface area (Å²) in [6.07, 6.45) is 0. The minimum Gasteiger partial charge on any atom is -0.453 e. The molecule has 0 aliphatic carbocycles. The Labute approximate surface area is 240 Å². The SMILES string of the molecule is N#Cc1cc(C#N)c2c(c1)Oc1cc(C#N)cc(C#N)c1N2B1c2ccccc2-n2c3ccccc3c3cccc1c32. The van der Waals surface area contributed by atoms with Gasteiger partial charge >= 0.3 is 6.85 Å². The molecule has 190 valence electrons. The second-order valence-electron chi connectivity index (χ2n) is 10.2. The molecule has 0 unspecified atom stereocenters. The summed E-state index contributed by atoms with van der Waals surface area (Å²) in [5.41, 5.74) is 7.05. The van der Waals surface area contributed by atoms with Crippen molar-refractivity contribution in [3.8, 4) is 41.5 Å². The van der Waals surface area contributed by atoms with Crippen molar-refractivity contribution in [3.63, 3.8) is 0 Å². The van der Waals surface area contributed by atoms with E-state index >= 15 is 0 Å². The molecule has 42 heavy (non-hydrogen) atoms. The molecule has 8 rings (SSSR count). The van der Waals surface area contributed by atoms with E-state index in [1.54, 1.807) is 24.3 Å². The molecule has 0 saturated heterocycles. The predicted octanol–water partition coefficient (Wildman–Crippen LogP) is 5.63. The van der Waals surface area contributed by atoms with E-state index in [-0.39, 0.29) is 22.3 Å². The van der Waals surface area contributed by atoms with Gasteiger partial charge in [-0.25, -0.2) is 0 Å². The number of nitriles is 4. The number of rotatable bonds is 1. The van der Waals surface area contributed by atoms with Gasteiger partial charge in [-0.3, -0.25) is 0 Å². The van der Waals surface area contributed by atoms with Crippen LogP contribution in [0.1, 0.15) is 22.3 Å². The molecule has 5 aromatic carbocycles. The van der Waals surface area contributed by atoms with Crippen LogP contribution in [-0.2, 0) is 0 Å². The predicted molar refractivity (Wildman–Crippen MR) is 160 cm³/mol. The van der Waals surface area contributed by atoms with Crippen molar-refractivity contribution in [2.75, 3.05) is 4.81 Å². The molecule has 0 saturated carbocycles. The Morgan fingerprint density at radius 1 is 0.595 bits per heavy atom. The van der Waals surface area contributed by atoms with Gasteiger partial charge in [0.25, 0.3) is 0 Å². The monoisotopic (exact) mass is 534 g/mol. The van der Waals surface area contributed by atoms with E-state index in [2.05, 4.69) is 65.2 Å². The van der Waals surface area contributed by atoms with Gasteiger partial charge < -0.3 is 14.1 Å². The van der Waals surface area contributed by atoms with Gasteiger partial charge in [0.05, 0.1) is 56.8 Å². The van der Waals surface area contributed by atoms with Crippen molar-refractivity contribution in [2.45, 2.75) is 0 Å². The van der Waals surface area contributed by atoms with Gasteiger partial charge in [-0.05, 0) is 35.2 Å². The highest BCUT2D eigenvalue weighted by Gasteiger charge is 2.43. The van der Waals surface area contributed by atoms with E-state index in [4.69, 9.17) is 4.74 Å². The normalized spacial score (nSPS) is 12.3. The van der Waals surface area contributed by atoms with Crippen LogP contribution < -0.4 is 20.5 Å². The minimum atomic E-state index is -0.469.